The number of carbonyl (C=O) groups excluding carboxylic acids is 1. The van der Waals surface area contributed by atoms with Crippen LogP contribution in [0.3, 0.4) is 0 Å². The first kappa shape index (κ1) is 12.7. The fourth-order valence-corrected chi connectivity index (χ4v) is 1.66. The topological polar surface area (TPSA) is 38.3 Å². The van der Waals surface area contributed by atoms with Crippen molar-refractivity contribution < 1.29 is 9.53 Å². The van der Waals surface area contributed by atoms with Crippen molar-refractivity contribution in [3.63, 3.8) is 0 Å². The molecule has 1 aliphatic heterocycles. The summed E-state index contributed by atoms with van der Waals surface area (Å²) in [7, 11) is 0. The summed E-state index contributed by atoms with van der Waals surface area (Å²) < 4.78 is 5.69. The molecule has 88 valence electrons. The van der Waals surface area contributed by atoms with Gasteiger partial charge in [0.25, 0.3) is 0 Å². The van der Waals surface area contributed by atoms with E-state index in [1.807, 2.05) is 20.8 Å². The summed E-state index contributed by atoms with van der Waals surface area (Å²) in [6, 6.07) is 0. The number of carbonyl (C=O) groups is 1. The molecule has 1 N–H and O–H groups in total. The Kier molecular flexibility index (Phi) is 4.74. The number of piperidine rings is 1. The van der Waals surface area contributed by atoms with E-state index in [4.69, 9.17) is 4.74 Å². The Balaban J connectivity index is 2.12. The van der Waals surface area contributed by atoms with Crippen LogP contribution < -0.4 is 5.32 Å². The standard InChI is InChI=1S/C12H23NO2/c1-12(2,3)11(14)6-9-15-10-4-7-13-8-5-10/h10,13H,4-9H2,1-3H3. The first-order valence-electron chi connectivity index (χ1n) is 5.86. The maximum atomic E-state index is 11.6. The van der Waals surface area contributed by atoms with E-state index in [-0.39, 0.29) is 11.2 Å². The molecule has 0 aromatic heterocycles. The number of hydrogen-bond acceptors (Lipinski definition) is 3. The number of hydrogen-bond donors (Lipinski definition) is 1. The van der Waals surface area contributed by atoms with Gasteiger partial charge in [-0.05, 0) is 25.9 Å². The van der Waals surface area contributed by atoms with Gasteiger partial charge in [-0.1, -0.05) is 20.8 Å². The van der Waals surface area contributed by atoms with Crippen LogP contribution >= 0.6 is 0 Å². The summed E-state index contributed by atoms with van der Waals surface area (Å²) in [6.45, 7) is 8.54. The van der Waals surface area contributed by atoms with Crippen LogP contribution in [0.5, 0.6) is 0 Å². The van der Waals surface area contributed by atoms with Crippen molar-refractivity contribution in [2.24, 2.45) is 5.41 Å². The Labute approximate surface area is 92.6 Å². The molecule has 0 unspecified atom stereocenters. The zero-order chi connectivity index (χ0) is 11.3. The molecule has 1 aliphatic rings. The van der Waals surface area contributed by atoms with Crippen LogP contribution in [0.25, 0.3) is 0 Å². The van der Waals surface area contributed by atoms with E-state index in [0.29, 0.717) is 19.1 Å². The first-order chi connectivity index (χ1) is 7.00. The molecule has 0 aliphatic carbocycles. The molecule has 0 bridgehead atoms. The van der Waals surface area contributed by atoms with Gasteiger partial charge in [0, 0.05) is 11.8 Å². The van der Waals surface area contributed by atoms with Gasteiger partial charge in [0.05, 0.1) is 12.7 Å². The van der Waals surface area contributed by atoms with Gasteiger partial charge >= 0.3 is 0 Å². The Morgan fingerprint density at radius 3 is 2.47 bits per heavy atom. The molecule has 1 heterocycles. The van der Waals surface area contributed by atoms with Gasteiger partial charge in [-0.3, -0.25) is 4.79 Å². The highest BCUT2D eigenvalue weighted by atomic mass is 16.5. The van der Waals surface area contributed by atoms with E-state index in [1.54, 1.807) is 0 Å². The number of Topliss-reactive ketones (excluding diaryl/α,β-unsaturated/α-hetero) is 1. The largest absolute Gasteiger partial charge is 0.378 e. The molecule has 0 saturated carbocycles. The highest BCUT2D eigenvalue weighted by molar-refractivity contribution is 5.83. The van der Waals surface area contributed by atoms with Crippen molar-refractivity contribution in [2.45, 2.75) is 46.1 Å². The predicted molar refractivity (Wildman–Crippen MR) is 60.9 cm³/mol. The summed E-state index contributed by atoms with van der Waals surface area (Å²) in [4.78, 5) is 11.6. The summed E-state index contributed by atoms with van der Waals surface area (Å²) >= 11 is 0. The van der Waals surface area contributed by atoms with Crippen molar-refractivity contribution >= 4 is 5.78 Å². The van der Waals surface area contributed by atoms with E-state index >= 15 is 0 Å². The number of rotatable bonds is 4. The molecule has 0 aromatic rings. The quantitative estimate of drug-likeness (QED) is 0.773. The lowest BCUT2D eigenvalue weighted by Gasteiger charge is -2.23. The molecule has 0 amide bonds. The fraction of sp³-hybridized carbons (Fsp3) is 0.917. The lowest BCUT2D eigenvalue weighted by molar-refractivity contribution is -0.128. The van der Waals surface area contributed by atoms with Crippen molar-refractivity contribution in [3.8, 4) is 0 Å². The first-order valence-corrected chi connectivity index (χ1v) is 5.86. The molecule has 1 fully saturated rings. The summed E-state index contributed by atoms with van der Waals surface area (Å²) in [6.07, 6.45) is 3.06. The van der Waals surface area contributed by atoms with Crippen LogP contribution in [-0.4, -0.2) is 31.6 Å². The minimum atomic E-state index is -0.225. The number of nitrogens with one attached hydrogen (secondary N) is 1. The van der Waals surface area contributed by atoms with Gasteiger partial charge in [0.1, 0.15) is 5.78 Å². The fourth-order valence-electron chi connectivity index (χ4n) is 1.66. The zero-order valence-electron chi connectivity index (χ0n) is 10.1. The maximum Gasteiger partial charge on any atom is 0.140 e. The van der Waals surface area contributed by atoms with Crippen LogP contribution in [0.15, 0.2) is 0 Å². The highest BCUT2D eigenvalue weighted by Crippen LogP contribution is 2.17. The smallest absolute Gasteiger partial charge is 0.140 e. The van der Waals surface area contributed by atoms with Gasteiger partial charge in [0.15, 0.2) is 0 Å². The number of ether oxygens (including phenoxy) is 1. The van der Waals surface area contributed by atoms with Crippen molar-refractivity contribution in [3.05, 3.63) is 0 Å². The van der Waals surface area contributed by atoms with Crippen LogP contribution in [0.1, 0.15) is 40.0 Å². The van der Waals surface area contributed by atoms with Crippen molar-refractivity contribution in [1.29, 1.82) is 0 Å². The van der Waals surface area contributed by atoms with Crippen molar-refractivity contribution in [2.75, 3.05) is 19.7 Å². The molecule has 3 nitrogen and oxygen atoms in total. The molecule has 0 radical (unpaired) electrons. The van der Waals surface area contributed by atoms with E-state index < -0.39 is 0 Å². The van der Waals surface area contributed by atoms with E-state index in [2.05, 4.69) is 5.32 Å². The second-order valence-corrected chi connectivity index (χ2v) is 5.24. The van der Waals surface area contributed by atoms with Crippen LogP contribution in [0, 0.1) is 5.41 Å². The lowest BCUT2D eigenvalue weighted by atomic mass is 9.89. The molecular formula is C12H23NO2. The minimum Gasteiger partial charge on any atom is -0.378 e. The summed E-state index contributed by atoms with van der Waals surface area (Å²) in [5.74, 6) is 0.288. The normalized spacial score (nSPS) is 19.1. The molecule has 1 saturated heterocycles. The average molecular weight is 213 g/mol. The van der Waals surface area contributed by atoms with E-state index in [1.165, 1.54) is 0 Å². The van der Waals surface area contributed by atoms with Crippen LogP contribution in [0.4, 0.5) is 0 Å². The summed E-state index contributed by atoms with van der Waals surface area (Å²) in [5, 5.41) is 3.29. The Bertz CT molecular complexity index is 202. The second kappa shape index (κ2) is 5.61. The van der Waals surface area contributed by atoms with Gasteiger partial charge in [-0.15, -0.1) is 0 Å². The van der Waals surface area contributed by atoms with Gasteiger partial charge in [-0.25, -0.2) is 0 Å². The third kappa shape index (κ3) is 4.76. The van der Waals surface area contributed by atoms with Crippen LogP contribution in [-0.2, 0) is 9.53 Å². The van der Waals surface area contributed by atoms with Gasteiger partial charge < -0.3 is 10.1 Å². The number of ketones is 1. The minimum absolute atomic E-state index is 0.225. The van der Waals surface area contributed by atoms with Crippen LogP contribution in [0.2, 0.25) is 0 Å². The van der Waals surface area contributed by atoms with E-state index in [9.17, 15) is 4.79 Å². The molecular weight excluding hydrogens is 190 g/mol. The molecule has 0 spiro atoms. The average Bonchev–Trinajstić information content (AvgIpc) is 2.18. The lowest BCUT2D eigenvalue weighted by Crippen LogP contribution is -2.33. The Morgan fingerprint density at radius 2 is 1.93 bits per heavy atom. The molecule has 0 atom stereocenters. The van der Waals surface area contributed by atoms with Gasteiger partial charge in [-0.2, -0.15) is 0 Å². The molecule has 1 rings (SSSR count). The predicted octanol–water partition coefficient (Wildman–Crippen LogP) is 1.76. The SMILES string of the molecule is CC(C)(C)C(=O)CCOC1CCNCC1. The summed E-state index contributed by atoms with van der Waals surface area (Å²) in [5.41, 5.74) is -0.225. The highest BCUT2D eigenvalue weighted by Gasteiger charge is 2.21. The molecule has 15 heavy (non-hydrogen) atoms. The molecule has 3 heteroatoms. The zero-order valence-corrected chi connectivity index (χ0v) is 10.1. The van der Waals surface area contributed by atoms with Crippen molar-refractivity contribution in [1.82, 2.24) is 5.32 Å². The second-order valence-electron chi connectivity index (χ2n) is 5.24. The van der Waals surface area contributed by atoms with E-state index in [0.717, 1.165) is 25.9 Å². The molecule has 0 aromatic carbocycles. The monoisotopic (exact) mass is 213 g/mol. The Morgan fingerprint density at radius 1 is 1.33 bits per heavy atom. The maximum absolute atomic E-state index is 11.6. The third-order valence-electron chi connectivity index (χ3n) is 2.81. The Hall–Kier alpha value is -0.410. The van der Waals surface area contributed by atoms with Gasteiger partial charge in [0.2, 0.25) is 0 Å². The third-order valence-corrected chi connectivity index (χ3v) is 2.81.